The molecule has 0 aromatic heterocycles. The number of hydrogen-bond donors (Lipinski definition) is 1. The summed E-state index contributed by atoms with van der Waals surface area (Å²) in [5.74, 6) is -0.579. The Labute approximate surface area is 166 Å². The Morgan fingerprint density at radius 1 is 1.14 bits per heavy atom. The summed E-state index contributed by atoms with van der Waals surface area (Å²) in [7, 11) is 1.48. The van der Waals surface area contributed by atoms with Gasteiger partial charge in [-0.25, -0.2) is 0 Å². The number of carbonyl (C=O) groups is 3. The second kappa shape index (κ2) is 8.75. The molecule has 28 heavy (non-hydrogen) atoms. The zero-order valence-corrected chi connectivity index (χ0v) is 16.2. The van der Waals surface area contributed by atoms with E-state index in [0.29, 0.717) is 17.7 Å². The van der Waals surface area contributed by atoms with Crippen LogP contribution < -0.4 is 14.8 Å². The van der Waals surface area contributed by atoms with E-state index in [1.165, 1.54) is 7.11 Å². The molecule has 2 amide bonds. The number of nitrogens with one attached hydrogen (secondary N) is 1. The van der Waals surface area contributed by atoms with Crippen molar-refractivity contribution in [3.63, 3.8) is 0 Å². The van der Waals surface area contributed by atoms with Gasteiger partial charge >= 0.3 is 5.97 Å². The number of esters is 1. The minimum absolute atomic E-state index is 0.256. The molecule has 1 saturated heterocycles. The maximum Gasteiger partial charge on any atom is 0.318 e. The molecule has 6 nitrogen and oxygen atoms in total. The third kappa shape index (κ3) is 4.43. The molecular weight excluding hydrogens is 378 g/mol. The van der Waals surface area contributed by atoms with Gasteiger partial charge in [0.25, 0.3) is 11.1 Å². The van der Waals surface area contributed by atoms with Gasteiger partial charge in [0.2, 0.25) is 0 Å². The smallest absolute Gasteiger partial charge is 0.318 e. The zero-order chi connectivity index (χ0) is 20.1. The lowest BCUT2D eigenvalue weighted by atomic mass is 9.97. The summed E-state index contributed by atoms with van der Waals surface area (Å²) in [6.45, 7) is 1.92. The van der Waals surface area contributed by atoms with E-state index in [-0.39, 0.29) is 16.6 Å². The van der Waals surface area contributed by atoms with Crippen molar-refractivity contribution in [2.45, 2.75) is 19.3 Å². The van der Waals surface area contributed by atoms with E-state index in [1.807, 2.05) is 37.3 Å². The Hall–Kier alpha value is -3.06. The molecule has 1 heterocycles. The molecule has 0 aliphatic carbocycles. The maximum atomic E-state index is 12.8. The first-order valence-corrected chi connectivity index (χ1v) is 9.53. The minimum atomic E-state index is -0.445. The number of rotatable bonds is 6. The van der Waals surface area contributed by atoms with Crippen LogP contribution in [0.25, 0.3) is 6.08 Å². The molecule has 1 unspecified atom stereocenters. The summed E-state index contributed by atoms with van der Waals surface area (Å²) in [4.78, 5) is 36.1. The van der Waals surface area contributed by atoms with Crippen LogP contribution in [-0.2, 0) is 9.59 Å². The predicted octanol–water partition coefficient (Wildman–Crippen LogP) is 4.12. The summed E-state index contributed by atoms with van der Waals surface area (Å²) in [5.41, 5.74) is 1.49. The molecule has 0 bridgehead atoms. The molecule has 1 atom stereocenters. The SMILES string of the molecule is CCC(C(=O)Oc1cc(/C=C2\SC(=O)NC2=O)ccc1OC)c1ccccc1. The number of carbonyl (C=O) groups excluding carboxylic acids is 3. The van der Waals surface area contributed by atoms with Crippen LogP contribution in [0.4, 0.5) is 4.79 Å². The van der Waals surface area contributed by atoms with E-state index in [4.69, 9.17) is 9.47 Å². The van der Waals surface area contributed by atoms with Gasteiger partial charge in [-0.2, -0.15) is 0 Å². The molecule has 0 spiro atoms. The standard InChI is InChI=1S/C21H19NO5S/c1-3-15(14-7-5-4-6-8-14)20(24)27-17-11-13(9-10-16(17)26-2)12-18-19(23)22-21(25)28-18/h4-12,15H,3H2,1-2H3,(H,22,23,25)/b18-12-. The number of thioether (sulfide) groups is 1. The number of benzene rings is 2. The van der Waals surface area contributed by atoms with Crippen molar-refractivity contribution in [3.05, 3.63) is 64.6 Å². The lowest BCUT2D eigenvalue weighted by molar-refractivity contribution is -0.136. The average molecular weight is 397 g/mol. The second-order valence-corrected chi connectivity index (χ2v) is 7.07. The normalized spacial score (nSPS) is 16.0. The van der Waals surface area contributed by atoms with Gasteiger partial charge in [0.15, 0.2) is 11.5 Å². The number of amides is 2. The first kappa shape index (κ1) is 19.7. The Morgan fingerprint density at radius 2 is 1.89 bits per heavy atom. The van der Waals surface area contributed by atoms with Crippen LogP contribution >= 0.6 is 11.8 Å². The van der Waals surface area contributed by atoms with Gasteiger partial charge in [-0.15, -0.1) is 0 Å². The zero-order valence-electron chi connectivity index (χ0n) is 15.4. The monoisotopic (exact) mass is 397 g/mol. The number of ether oxygens (including phenoxy) is 2. The molecule has 0 saturated carbocycles. The molecule has 1 N–H and O–H groups in total. The van der Waals surface area contributed by atoms with Gasteiger partial charge in [0.05, 0.1) is 17.9 Å². The van der Waals surface area contributed by atoms with E-state index in [9.17, 15) is 14.4 Å². The molecule has 0 radical (unpaired) electrons. The van der Waals surface area contributed by atoms with Crippen LogP contribution in [0.2, 0.25) is 0 Å². The average Bonchev–Trinajstić information content (AvgIpc) is 3.00. The Balaban J connectivity index is 1.86. The molecule has 3 rings (SSSR count). The lowest BCUT2D eigenvalue weighted by Gasteiger charge is -2.16. The molecule has 7 heteroatoms. The molecule has 1 aliphatic rings. The highest BCUT2D eigenvalue weighted by Gasteiger charge is 2.25. The van der Waals surface area contributed by atoms with E-state index in [1.54, 1.807) is 24.3 Å². The molecule has 1 aliphatic heterocycles. The summed E-state index contributed by atoms with van der Waals surface area (Å²) in [6.07, 6.45) is 2.16. The highest BCUT2D eigenvalue weighted by Crippen LogP contribution is 2.33. The molecule has 2 aromatic rings. The third-order valence-corrected chi connectivity index (χ3v) is 5.04. The van der Waals surface area contributed by atoms with Crippen LogP contribution in [0.1, 0.15) is 30.4 Å². The van der Waals surface area contributed by atoms with Gasteiger partial charge in [0.1, 0.15) is 0 Å². The first-order chi connectivity index (χ1) is 13.5. The van der Waals surface area contributed by atoms with E-state index >= 15 is 0 Å². The second-order valence-electron chi connectivity index (χ2n) is 6.06. The quantitative estimate of drug-likeness (QED) is 0.449. The van der Waals surface area contributed by atoms with Gasteiger partial charge < -0.3 is 9.47 Å². The van der Waals surface area contributed by atoms with Crippen LogP contribution in [0.3, 0.4) is 0 Å². The first-order valence-electron chi connectivity index (χ1n) is 8.71. The summed E-state index contributed by atoms with van der Waals surface area (Å²) in [5, 5.41) is 1.79. The number of methoxy groups -OCH3 is 1. The molecule has 1 fully saturated rings. The van der Waals surface area contributed by atoms with Crippen molar-refractivity contribution in [2.75, 3.05) is 7.11 Å². The van der Waals surface area contributed by atoms with Crippen LogP contribution in [0, 0.1) is 0 Å². The fourth-order valence-electron chi connectivity index (χ4n) is 2.84. The van der Waals surface area contributed by atoms with Gasteiger partial charge in [-0.1, -0.05) is 43.3 Å². The molecular formula is C21H19NO5S. The van der Waals surface area contributed by atoms with Gasteiger partial charge in [0, 0.05) is 0 Å². The van der Waals surface area contributed by atoms with Crippen molar-refractivity contribution < 1.29 is 23.9 Å². The maximum absolute atomic E-state index is 12.8. The van der Waals surface area contributed by atoms with E-state index < -0.39 is 17.1 Å². The van der Waals surface area contributed by atoms with Crippen LogP contribution in [0.5, 0.6) is 11.5 Å². The van der Waals surface area contributed by atoms with Crippen molar-refractivity contribution in [1.82, 2.24) is 5.32 Å². The lowest BCUT2D eigenvalue weighted by Crippen LogP contribution is -2.18. The van der Waals surface area contributed by atoms with Crippen LogP contribution in [0.15, 0.2) is 53.4 Å². The van der Waals surface area contributed by atoms with Crippen molar-refractivity contribution in [2.24, 2.45) is 0 Å². The Kier molecular flexibility index (Phi) is 6.16. The minimum Gasteiger partial charge on any atom is -0.493 e. The summed E-state index contributed by atoms with van der Waals surface area (Å²) >= 11 is 0.827. The van der Waals surface area contributed by atoms with E-state index in [0.717, 1.165) is 17.3 Å². The van der Waals surface area contributed by atoms with Crippen LogP contribution in [-0.4, -0.2) is 24.2 Å². The van der Waals surface area contributed by atoms with E-state index in [2.05, 4.69) is 5.32 Å². The highest BCUT2D eigenvalue weighted by atomic mass is 32.2. The fraction of sp³-hybridized carbons (Fsp3) is 0.190. The highest BCUT2D eigenvalue weighted by molar-refractivity contribution is 8.18. The van der Waals surface area contributed by atoms with Gasteiger partial charge in [-0.3, -0.25) is 19.7 Å². The van der Waals surface area contributed by atoms with Crippen molar-refractivity contribution in [3.8, 4) is 11.5 Å². The Bertz CT molecular complexity index is 939. The summed E-state index contributed by atoms with van der Waals surface area (Å²) < 4.78 is 10.9. The number of imide groups is 1. The summed E-state index contributed by atoms with van der Waals surface area (Å²) in [6, 6.07) is 14.4. The number of hydrogen-bond acceptors (Lipinski definition) is 6. The fourth-order valence-corrected chi connectivity index (χ4v) is 3.52. The Morgan fingerprint density at radius 3 is 2.50 bits per heavy atom. The molecule has 144 valence electrons. The molecule has 2 aromatic carbocycles. The predicted molar refractivity (Wildman–Crippen MR) is 107 cm³/mol. The largest absolute Gasteiger partial charge is 0.493 e. The van der Waals surface area contributed by atoms with Crippen molar-refractivity contribution >= 4 is 35.0 Å². The van der Waals surface area contributed by atoms with Gasteiger partial charge in [-0.05, 0) is 47.5 Å². The topological polar surface area (TPSA) is 81.7 Å². The van der Waals surface area contributed by atoms with Crippen molar-refractivity contribution in [1.29, 1.82) is 0 Å². The third-order valence-electron chi connectivity index (χ3n) is 4.23.